The Morgan fingerprint density at radius 2 is 1.90 bits per heavy atom. The molecule has 5 heterocycles. The maximum absolute atomic E-state index is 14.7. The van der Waals surface area contributed by atoms with Gasteiger partial charge in [0.1, 0.15) is 23.0 Å². The van der Waals surface area contributed by atoms with Gasteiger partial charge in [0, 0.05) is 54.2 Å². The highest BCUT2D eigenvalue weighted by molar-refractivity contribution is 6.01. The second-order valence-corrected chi connectivity index (χ2v) is 11.0. The molecule has 0 aliphatic carbocycles. The van der Waals surface area contributed by atoms with Crippen LogP contribution in [-0.2, 0) is 0 Å². The highest BCUT2D eigenvalue weighted by atomic mass is 19.1. The molecule has 0 bridgehead atoms. The summed E-state index contributed by atoms with van der Waals surface area (Å²) in [7, 11) is 4.03. The molecule has 0 atom stereocenters. The Morgan fingerprint density at radius 3 is 2.74 bits per heavy atom. The number of pyridine rings is 1. The maximum atomic E-state index is 14.7. The van der Waals surface area contributed by atoms with E-state index in [1.165, 1.54) is 6.07 Å². The quantitative estimate of drug-likeness (QED) is 0.214. The standard InChI is InChI=1S/C31H31FN10/c1-41(2)7-6-35-21-9-18(8-19(32)10-21)22-4-3-5-25-23(22)11-27(37-25)31-24-12-26(36-14-28(24)39-40-31)29-13-34-15-30(38-29)42-16-20(33)17-42/h3-5,8-15,20,35,37H,6-7,16-17,33H2,1-2H3,(H,39,40). The molecule has 4 aromatic heterocycles. The highest BCUT2D eigenvalue weighted by Crippen LogP contribution is 2.36. The van der Waals surface area contributed by atoms with Crippen LogP contribution in [0.3, 0.4) is 0 Å². The topological polar surface area (TPSA) is 128 Å². The van der Waals surface area contributed by atoms with Crippen LogP contribution in [0, 0.1) is 5.82 Å². The van der Waals surface area contributed by atoms with Gasteiger partial charge in [0.2, 0.25) is 0 Å². The van der Waals surface area contributed by atoms with Crippen LogP contribution in [0.4, 0.5) is 15.9 Å². The Kier molecular flexibility index (Phi) is 6.52. The first-order valence-corrected chi connectivity index (χ1v) is 13.9. The van der Waals surface area contributed by atoms with Gasteiger partial charge in [-0.1, -0.05) is 12.1 Å². The normalized spacial score (nSPS) is 13.8. The summed E-state index contributed by atoms with van der Waals surface area (Å²) in [6.45, 7) is 3.11. The first-order valence-electron chi connectivity index (χ1n) is 13.9. The lowest BCUT2D eigenvalue weighted by Gasteiger charge is -2.37. The van der Waals surface area contributed by atoms with Gasteiger partial charge in [-0.2, -0.15) is 5.10 Å². The number of H-pyrrole nitrogens is 2. The second-order valence-electron chi connectivity index (χ2n) is 11.0. The molecule has 0 unspecified atom stereocenters. The van der Waals surface area contributed by atoms with Crippen LogP contribution in [0.1, 0.15) is 0 Å². The van der Waals surface area contributed by atoms with E-state index >= 15 is 0 Å². The summed E-state index contributed by atoms with van der Waals surface area (Å²) in [4.78, 5) is 21.5. The fraction of sp³-hybridized carbons (Fsp3) is 0.226. The molecule has 0 spiro atoms. The van der Waals surface area contributed by atoms with Gasteiger partial charge in [-0.3, -0.25) is 15.1 Å². The summed E-state index contributed by atoms with van der Waals surface area (Å²) in [5.74, 6) is 0.509. The van der Waals surface area contributed by atoms with E-state index in [0.717, 1.165) is 82.0 Å². The number of halogens is 1. The summed E-state index contributed by atoms with van der Waals surface area (Å²) < 4.78 is 14.7. The van der Waals surface area contributed by atoms with Crippen LogP contribution in [0.5, 0.6) is 0 Å². The van der Waals surface area contributed by atoms with Crippen molar-refractivity contribution in [3.05, 3.63) is 72.9 Å². The third-order valence-electron chi connectivity index (χ3n) is 7.58. The molecule has 1 aliphatic rings. The van der Waals surface area contributed by atoms with Gasteiger partial charge in [-0.05, 0) is 61.6 Å². The van der Waals surface area contributed by atoms with Crippen LogP contribution in [0.25, 0.3) is 55.7 Å². The third-order valence-corrected chi connectivity index (χ3v) is 7.58. The monoisotopic (exact) mass is 562 g/mol. The summed E-state index contributed by atoms with van der Waals surface area (Å²) in [6, 6.07) is 15.3. The Labute approximate surface area is 241 Å². The number of nitrogens with one attached hydrogen (secondary N) is 3. The minimum atomic E-state index is -0.282. The molecule has 2 aromatic carbocycles. The number of hydrogen-bond donors (Lipinski definition) is 4. The van der Waals surface area contributed by atoms with Crippen molar-refractivity contribution in [3.63, 3.8) is 0 Å². The zero-order valence-electron chi connectivity index (χ0n) is 23.4. The van der Waals surface area contributed by atoms with Crippen molar-refractivity contribution in [2.45, 2.75) is 6.04 Å². The summed E-state index contributed by atoms with van der Waals surface area (Å²) in [6.07, 6.45) is 5.23. The minimum absolute atomic E-state index is 0.169. The minimum Gasteiger partial charge on any atom is -0.384 e. The van der Waals surface area contributed by atoms with Crippen molar-refractivity contribution in [1.82, 2.24) is 35.0 Å². The Morgan fingerprint density at radius 1 is 1.02 bits per heavy atom. The van der Waals surface area contributed by atoms with E-state index in [9.17, 15) is 4.39 Å². The molecule has 0 amide bonds. The van der Waals surface area contributed by atoms with Crippen LogP contribution in [0.2, 0.25) is 0 Å². The van der Waals surface area contributed by atoms with E-state index in [-0.39, 0.29) is 11.9 Å². The number of likely N-dealkylation sites (N-methyl/N-ethyl adjacent to an activating group) is 1. The van der Waals surface area contributed by atoms with Gasteiger partial charge in [0.05, 0.1) is 35.5 Å². The average Bonchev–Trinajstić information content (AvgIpc) is 3.59. The molecule has 6 aromatic rings. The first kappa shape index (κ1) is 26.1. The zero-order valence-corrected chi connectivity index (χ0v) is 23.4. The molecule has 1 fully saturated rings. The van der Waals surface area contributed by atoms with Crippen molar-refractivity contribution in [2.75, 3.05) is 50.5 Å². The number of fused-ring (bicyclic) bond motifs is 2. The number of nitrogens with zero attached hydrogens (tertiary/aromatic N) is 6. The molecule has 11 heteroatoms. The fourth-order valence-corrected chi connectivity index (χ4v) is 5.40. The smallest absolute Gasteiger partial charge is 0.147 e. The van der Waals surface area contributed by atoms with Gasteiger partial charge in [-0.25, -0.2) is 9.37 Å². The summed E-state index contributed by atoms with van der Waals surface area (Å²) >= 11 is 0. The molecule has 42 heavy (non-hydrogen) atoms. The van der Waals surface area contributed by atoms with Gasteiger partial charge in [0.15, 0.2) is 0 Å². The third kappa shape index (κ3) is 4.93. The zero-order chi connectivity index (χ0) is 28.8. The molecule has 5 N–H and O–H groups in total. The lowest BCUT2D eigenvalue weighted by Crippen LogP contribution is -2.56. The van der Waals surface area contributed by atoms with Crippen molar-refractivity contribution in [2.24, 2.45) is 5.73 Å². The van der Waals surface area contributed by atoms with E-state index in [1.54, 1.807) is 24.7 Å². The van der Waals surface area contributed by atoms with Crippen molar-refractivity contribution >= 4 is 33.3 Å². The second kappa shape index (κ2) is 10.5. The van der Waals surface area contributed by atoms with Gasteiger partial charge in [-0.15, -0.1) is 0 Å². The number of anilines is 2. The Bertz CT molecular complexity index is 1900. The number of nitrogens with two attached hydrogens (primary N) is 1. The van der Waals surface area contributed by atoms with Gasteiger partial charge < -0.3 is 25.8 Å². The van der Waals surface area contributed by atoms with Crippen LogP contribution < -0.4 is 16.0 Å². The number of aromatic nitrogens is 6. The van der Waals surface area contributed by atoms with E-state index in [1.807, 2.05) is 44.4 Å². The molecule has 1 aliphatic heterocycles. The maximum Gasteiger partial charge on any atom is 0.147 e. The predicted octanol–water partition coefficient (Wildman–Crippen LogP) is 4.49. The number of benzene rings is 2. The Balaban J connectivity index is 1.24. The van der Waals surface area contributed by atoms with E-state index in [4.69, 9.17) is 10.7 Å². The largest absolute Gasteiger partial charge is 0.384 e. The molecule has 7 rings (SSSR count). The fourth-order valence-electron chi connectivity index (χ4n) is 5.40. The van der Waals surface area contributed by atoms with Crippen LogP contribution in [-0.4, -0.2) is 81.3 Å². The Hall–Kier alpha value is -4.87. The number of rotatable bonds is 8. The van der Waals surface area contributed by atoms with Gasteiger partial charge in [0.25, 0.3) is 0 Å². The predicted molar refractivity (Wildman–Crippen MR) is 165 cm³/mol. The molecule has 212 valence electrons. The van der Waals surface area contributed by atoms with Crippen molar-refractivity contribution in [3.8, 4) is 33.9 Å². The van der Waals surface area contributed by atoms with Crippen LogP contribution >= 0.6 is 0 Å². The highest BCUT2D eigenvalue weighted by Gasteiger charge is 2.25. The van der Waals surface area contributed by atoms with Crippen molar-refractivity contribution in [1.29, 1.82) is 0 Å². The SMILES string of the molecule is CN(C)CCNc1cc(F)cc(-c2cccc3[nH]c(-c4n[nH]c5cnc(-c6cncc(N7CC(N)C7)n6)cc45)cc23)c1. The molecule has 1 saturated heterocycles. The first-order chi connectivity index (χ1) is 20.4. The van der Waals surface area contributed by atoms with E-state index in [0.29, 0.717) is 11.4 Å². The molecule has 10 nitrogen and oxygen atoms in total. The van der Waals surface area contributed by atoms with Crippen molar-refractivity contribution < 1.29 is 4.39 Å². The molecule has 0 saturated carbocycles. The summed E-state index contributed by atoms with van der Waals surface area (Å²) in [5.41, 5.74) is 13.2. The lowest BCUT2D eigenvalue weighted by atomic mass is 10.0. The summed E-state index contributed by atoms with van der Waals surface area (Å²) in [5, 5.41) is 12.9. The molecular formula is C31H31FN10. The molecular weight excluding hydrogens is 531 g/mol. The number of aromatic amines is 2. The average molecular weight is 563 g/mol. The lowest BCUT2D eigenvalue weighted by molar-refractivity contribution is 0.425. The molecule has 0 radical (unpaired) electrons. The number of hydrogen-bond acceptors (Lipinski definition) is 8. The van der Waals surface area contributed by atoms with E-state index < -0.39 is 0 Å². The van der Waals surface area contributed by atoms with Crippen LogP contribution in [0.15, 0.2) is 67.1 Å². The van der Waals surface area contributed by atoms with Gasteiger partial charge >= 0.3 is 0 Å². The van der Waals surface area contributed by atoms with E-state index in [2.05, 4.69) is 46.3 Å².